The third kappa shape index (κ3) is 4.99. The molecule has 1 fully saturated rings. The summed E-state index contributed by atoms with van der Waals surface area (Å²) in [5.74, 6) is -0.792. The first kappa shape index (κ1) is 26.2. The van der Waals surface area contributed by atoms with E-state index in [0.29, 0.717) is 21.5 Å². The van der Waals surface area contributed by atoms with E-state index in [4.69, 9.17) is 35.4 Å². The smallest absolute Gasteiger partial charge is 0.226 e. The van der Waals surface area contributed by atoms with E-state index in [-0.39, 0.29) is 28.9 Å². The molecule has 0 bridgehead atoms. The lowest BCUT2D eigenvalue weighted by Crippen LogP contribution is -2.30. The SMILES string of the molecule is CC(C)C(=O)Nc1ccc(N2C(=S)N[C@@H](c3ccccn3)[C@H]2c2cccn2-c2ccc(F)c(Cl)c2)cc1Cl. The number of aromatic nitrogens is 2. The van der Waals surface area contributed by atoms with Crippen molar-refractivity contribution in [1.29, 1.82) is 0 Å². The lowest BCUT2D eigenvalue weighted by molar-refractivity contribution is -0.118. The number of hydrogen-bond acceptors (Lipinski definition) is 3. The van der Waals surface area contributed by atoms with Crippen molar-refractivity contribution in [1.82, 2.24) is 14.9 Å². The molecule has 1 amide bonds. The zero-order chi connectivity index (χ0) is 27.0. The predicted molar refractivity (Wildman–Crippen MR) is 154 cm³/mol. The zero-order valence-electron chi connectivity index (χ0n) is 20.5. The van der Waals surface area contributed by atoms with E-state index in [1.54, 1.807) is 30.5 Å². The summed E-state index contributed by atoms with van der Waals surface area (Å²) in [5, 5.41) is 7.19. The summed E-state index contributed by atoms with van der Waals surface area (Å²) >= 11 is 18.6. The van der Waals surface area contributed by atoms with Crippen molar-refractivity contribution < 1.29 is 9.18 Å². The van der Waals surface area contributed by atoms with Crippen LogP contribution in [0.1, 0.15) is 37.3 Å². The Hall–Kier alpha value is -3.46. The lowest BCUT2D eigenvalue weighted by Gasteiger charge is -2.29. The Morgan fingerprint density at radius 2 is 1.82 bits per heavy atom. The molecular formula is C28H24Cl2FN5OS. The molecule has 1 saturated heterocycles. The summed E-state index contributed by atoms with van der Waals surface area (Å²) in [6, 6.07) is 19.0. The molecule has 0 spiro atoms. The Morgan fingerprint density at radius 1 is 1.05 bits per heavy atom. The molecule has 5 rings (SSSR count). The highest BCUT2D eigenvalue weighted by Crippen LogP contribution is 2.43. The van der Waals surface area contributed by atoms with Crippen LogP contribution in [0.25, 0.3) is 5.69 Å². The highest BCUT2D eigenvalue weighted by atomic mass is 35.5. The van der Waals surface area contributed by atoms with Gasteiger partial charge >= 0.3 is 0 Å². The number of thiocarbonyl (C=S) groups is 1. The van der Waals surface area contributed by atoms with Crippen molar-refractivity contribution >= 4 is 57.8 Å². The second kappa shape index (κ2) is 10.7. The van der Waals surface area contributed by atoms with Crippen molar-refractivity contribution in [2.45, 2.75) is 25.9 Å². The van der Waals surface area contributed by atoms with Gasteiger partial charge < -0.3 is 20.1 Å². The van der Waals surface area contributed by atoms with Crippen LogP contribution in [-0.2, 0) is 4.79 Å². The number of nitrogens with one attached hydrogen (secondary N) is 2. The van der Waals surface area contributed by atoms with Gasteiger partial charge in [0.05, 0.1) is 27.5 Å². The molecule has 38 heavy (non-hydrogen) atoms. The minimum absolute atomic E-state index is 0.0335. The number of carbonyl (C=O) groups is 1. The van der Waals surface area contributed by atoms with E-state index in [9.17, 15) is 9.18 Å². The maximum Gasteiger partial charge on any atom is 0.226 e. The van der Waals surface area contributed by atoms with E-state index in [1.165, 1.54) is 6.07 Å². The first-order valence-corrected chi connectivity index (χ1v) is 13.1. The number of carbonyl (C=O) groups excluding carboxylic acids is 1. The topological polar surface area (TPSA) is 62.2 Å². The number of rotatable bonds is 6. The van der Waals surface area contributed by atoms with Gasteiger partial charge in [-0.2, -0.15) is 0 Å². The van der Waals surface area contributed by atoms with Gasteiger partial charge in [-0.05, 0) is 72.9 Å². The molecule has 1 aliphatic heterocycles. The number of nitrogens with zero attached hydrogens (tertiary/aromatic N) is 3. The van der Waals surface area contributed by atoms with Gasteiger partial charge in [0, 0.05) is 35.4 Å². The van der Waals surface area contributed by atoms with E-state index >= 15 is 0 Å². The van der Waals surface area contributed by atoms with E-state index < -0.39 is 5.82 Å². The third-order valence-electron chi connectivity index (χ3n) is 6.38. The van der Waals surface area contributed by atoms with Crippen LogP contribution in [0.3, 0.4) is 0 Å². The standard InChI is InChI=1S/C28H24Cl2FN5OS/c1-16(2)27(37)33-22-11-9-18(15-20(22)30)36-26(25(34-28(36)38)23-6-3-4-12-32-23)24-7-5-13-35(24)17-8-10-21(31)19(29)14-17/h3-16,25-26H,1-2H3,(H,33,37)(H,34,38)/t25-,26+/m0/s1. The fraction of sp³-hybridized carbons (Fsp3) is 0.179. The van der Waals surface area contributed by atoms with Crippen molar-refractivity contribution in [3.05, 3.63) is 106 Å². The first-order valence-electron chi connectivity index (χ1n) is 12.0. The first-order chi connectivity index (χ1) is 18.2. The molecule has 1 aliphatic rings. The maximum atomic E-state index is 13.9. The molecule has 0 aliphatic carbocycles. The summed E-state index contributed by atoms with van der Waals surface area (Å²) in [4.78, 5) is 18.8. The molecule has 6 nitrogen and oxygen atoms in total. The van der Waals surface area contributed by atoms with Crippen LogP contribution < -0.4 is 15.5 Å². The third-order valence-corrected chi connectivity index (χ3v) is 7.29. The fourth-order valence-electron chi connectivity index (χ4n) is 4.47. The molecule has 2 aromatic carbocycles. The van der Waals surface area contributed by atoms with Crippen molar-refractivity contribution in [3.8, 4) is 5.69 Å². The van der Waals surface area contributed by atoms with Crippen LogP contribution in [0, 0.1) is 11.7 Å². The van der Waals surface area contributed by atoms with Crippen molar-refractivity contribution in [2.24, 2.45) is 5.92 Å². The van der Waals surface area contributed by atoms with Gasteiger partial charge in [0.15, 0.2) is 5.11 Å². The summed E-state index contributed by atoms with van der Waals surface area (Å²) < 4.78 is 15.9. The molecule has 0 unspecified atom stereocenters. The Morgan fingerprint density at radius 3 is 2.50 bits per heavy atom. The van der Waals surface area contributed by atoms with Crippen LogP contribution in [0.5, 0.6) is 0 Å². The van der Waals surface area contributed by atoms with E-state index in [0.717, 1.165) is 17.1 Å². The number of hydrogen-bond donors (Lipinski definition) is 2. The molecule has 0 saturated carbocycles. The average Bonchev–Trinajstić information content (AvgIpc) is 3.51. The number of amides is 1. The van der Waals surface area contributed by atoms with Crippen LogP contribution >= 0.6 is 35.4 Å². The number of anilines is 2. The molecule has 2 atom stereocenters. The van der Waals surface area contributed by atoms with Crippen LogP contribution in [0.15, 0.2) is 79.1 Å². The second-order valence-electron chi connectivity index (χ2n) is 9.21. The van der Waals surface area contributed by atoms with Gasteiger partial charge in [-0.1, -0.05) is 43.1 Å². The maximum absolute atomic E-state index is 13.9. The quantitative estimate of drug-likeness (QED) is 0.243. The van der Waals surface area contributed by atoms with Gasteiger partial charge in [0.2, 0.25) is 5.91 Å². The molecule has 10 heteroatoms. The summed E-state index contributed by atoms with van der Waals surface area (Å²) in [5.41, 5.74) is 3.65. The zero-order valence-corrected chi connectivity index (χ0v) is 22.9. The number of benzene rings is 2. The predicted octanol–water partition coefficient (Wildman–Crippen LogP) is 7.09. The monoisotopic (exact) mass is 567 g/mol. The molecular weight excluding hydrogens is 544 g/mol. The minimum atomic E-state index is -0.486. The van der Waals surface area contributed by atoms with Crippen LogP contribution in [-0.4, -0.2) is 20.6 Å². The number of halogens is 3. The summed E-state index contributed by atoms with van der Waals surface area (Å²) in [6.07, 6.45) is 3.63. The largest absolute Gasteiger partial charge is 0.351 e. The summed E-state index contributed by atoms with van der Waals surface area (Å²) in [7, 11) is 0. The van der Waals surface area contributed by atoms with Gasteiger partial charge in [-0.15, -0.1) is 0 Å². The Labute approximate surface area is 235 Å². The highest BCUT2D eigenvalue weighted by molar-refractivity contribution is 7.80. The van der Waals surface area contributed by atoms with Gasteiger partial charge in [0.25, 0.3) is 0 Å². The summed E-state index contributed by atoms with van der Waals surface area (Å²) in [6.45, 7) is 3.63. The molecule has 3 heterocycles. The lowest BCUT2D eigenvalue weighted by atomic mass is 10.0. The van der Waals surface area contributed by atoms with Gasteiger partial charge in [-0.25, -0.2) is 4.39 Å². The normalized spacial score (nSPS) is 17.1. The van der Waals surface area contributed by atoms with Crippen LogP contribution in [0.4, 0.5) is 15.8 Å². The Balaban J connectivity index is 1.61. The fourth-order valence-corrected chi connectivity index (χ4v) is 5.21. The molecule has 0 radical (unpaired) electrons. The van der Waals surface area contributed by atoms with E-state index in [1.807, 2.05) is 65.9 Å². The van der Waals surface area contributed by atoms with Crippen molar-refractivity contribution in [2.75, 3.05) is 10.2 Å². The van der Waals surface area contributed by atoms with E-state index in [2.05, 4.69) is 15.6 Å². The highest BCUT2D eigenvalue weighted by Gasteiger charge is 2.42. The minimum Gasteiger partial charge on any atom is -0.351 e. The second-order valence-corrected chi connectivity index (χ2v) is 10.4. The molecule has 4 aromatic rings. The van der Waals surface area contributed by atoms with Gasteiger partial charge in [-0.3, -0.25) is 9.78 Å². The number of pyridine rings is 1. The van der Waals surface area contributed by atoms with Gasteiger partial charge in [0.1, 0.15) is 11.9 Å². The Kier molecular flexibility index (Phi) is 7.38. The van der Waals surface area contributed by atoms with Crippen LogP contribution in [0.2, 0.25) is 10.0 Å². The average molecular weight is 569 g/mol. The van der Waals surface area contributed by atoms with Crippen molar-refractivity contribution in [3.63, 3.8) is 0 Å². The molecule has 194 valence electrons. The Bertz CT molecular complexity index is 1510. The molecule has 2 N–H and O–H groups in total. The molecule has 2 aromatic heterocycles.